The molecule has 0 saturated carbocycles. The van der Waals surface area contributed by atoms with E-state index in [0.29, 0.717) is 5.70 Å². The molecule has 1 aliphatic heterocycles. The van der Waals surface area contributed by atoms with Crippen molar-refractivity contribution in [1.29, 1.82) is 0 Å². The molecule has 0 bridgehead atoms. The molecule has 0 aromatic carbocycles. The first kappa shape index (κ1) is 10.6. The molecule has 0 amide bonds. The zero-order valence-electron chi connectivity index (χ0n) is 8.24. The predicted octanol–water partition coefficient (Wildman–Crippen LogP) is 0.163. The molecule has 14 heavy (non-hydrogen) atoms. The Bertz CT molecular complexity index is 341. The number of nitrogens with zero attached hydrogens (tertiary/aromatic N) is 1. The van der Waals surface area contributed by atoms with E-state index in [1.807, 2.05) is 0 Å². The lowest BCUT2D eigenvalue weighted by atomic mass is 10.2. The minimum absolute atomic E-state index is 0.0544. The summed E-state index contributed by atoms with van der Waals surface area (Å²) in [4.78, 5) is 3.99. The van der Waals surface area contributed by atoms with E-state index in [0.717, 1.165) is 0 Å². The largest absolute Gasteiger partial charge is 0.407 e. The van der Waals surface area contributed by atoms with Gasteiger partial charge in [-0.25, -0.2) is 0 Å². The van der Waals surface area contributed by atoms with Crippen molar-refractivity contribution >= 4 is 0 Å². The van der Waals surface area contributed by atoms with Gasteiger partial charge in [-0.15, -0.1) is 0 Å². The lowest BCUT2D eigenvalue weighted by Crippen LogP contribution is -2.39. The number of rotatable bonds is 3. The molecule has 0 fully saturated rings. The fourth-order valence-electron chi connectivity index (χ4n) is 1.12. The summed E-state index contributed by atoms with van der Waals surface area (Å²) in [5.74, 6) is 5.72. The first-order valence-electron chi connectivity index (χ1n) is 4.28. The van der Waals surface area contributed by atoms with E-state index < -0.39 is 0 Å². The lowest BCUT2D eigenvalue weighted by Gasteiger charge is -2.16. The second-order valence-electron chi connectivity index (χ2n) is 2.72. The third-order valence-corrected chi connectivity index (χ3v) is 1.78. The Morgan fingerprint density at radius 1 is 1.86 bits per heavy atom. The average Bonchev–Trinajstić information content (AvgIpc) is 2.26. The van der Waals surface area contributed by atoms with Crippen LogP contribution in [0.4, 0.5) is 0 Å². The van der Waals surface area contributed by atoms with Gasteiger partial charge in [-0.3, -0.25) is 0 Å². The average molecular weight is 193 g/mol. The van der Waals surface area contributed by atoms with Crippen LogP contribution in [0.5, 0.6) is 0 Å². The van der Waals surface area contributed by atoms with Gasteiger partial charge in [-0.05, 0) is 4.85 Å². The van der Waals surface area contributed by atoms with Gasteiger partial charge in [0.15, 0.2) is 6.04 Å². The zero-order valence-corrected chi connectivity index (χ0v) is 8.24. The van der Waals surface area contributed by atoms with Gasteiger partial charge in [0.05, 0.1) is 13.5 Å². The molecule has 2 N–H and O–H groups in total. The summed E-state index contributed by atoms with van der Waals surface area (Å²) in [6.07, 6.45) is 1.26. The van der Waals surface area contributed by atoms with E-state index in [9.17, 15) is 0 Å². The number of methoxy groups -OCH3 is 1. The van der Waals surface area contributed by atoms with Crippen LogP contribution >= 0.6 is 0 Å². The van der Waals surface area contributed by atoms with E-state index >= 15 is 0 Å². The van der Waals surface area contributed by atoms with E-state index in [1.165, 1.54) is 0 Å². The SMILES string of the molecule is CC#[N+]C(OC)C1C#CC=C(CO)N1. The highest BCUT2D eigenvalue weighted by Gasteiger charge is 2.29. The summed E-state index contributed by atoms with van der Waals surface area (Å²) in [6.45, 7) is 1.65. The summed E-state index contributed by atoms with van der Waals surface area (Å²) in [5.41, 5.74) is 0.683. The summed E-state index contributed by atoms with van der Waals surface area (Å²) < 4.78 is 5.12. The van der Waals surface area contributed by atoms with E-state index in [4.69, 9.17) is 9.84 Å². The number of aliphatic hydroxyl groups excluding tert-OH is 1. The Kier molecular flexibility index (Phi) is 4.00. The van der Waals surface area contributed by atoms with Crippen molar-refractivity contribution in [3.05, 3.63) is 16.6 Å². The summed E-state index contributed by atoms with van der Waals surface area (Å²) in [6, 6.07) is 2.44. The maximum atomic E-state index is 8.91. The van der Waals surface area contributed by atoms with Crippen LogP contribution in [0.25, 0.3) is 4.85 Å². The number of hydrogen-bond acceptors (Lipinski definition) is 3. The number of ether oxygens (including phenoxy) is 1. The predicted molar refractivity (Wildman–Crippen MR) is 53.6 cm³/mol. The topological polar surface area (TPSA) is 45.9 Å². The number of allylic oxidation sites excluding steroid dienone is 1. The van der Waals surface area contributed by atoms with Crippen LogP contribution in [0.15, 0.2) is 11.8 Å². The first-order valence-corrected chi connectivity index (χ1v) is 4.28. The molecule has 2 unspecified atom stereocenters. The second kappa shape index (κ2) is 5.29. The van der Waals surface area contributed by atoms with Gasteiger partial charge in [0.25, 0.3) is 6.07 Å². The second-order valence-corrected chi connectivity index (χ2v) is 2.72. The molecule has 2 atom stereocenters. The molecule has 74 valence electrons. The molecule has 0 aromatic rings. The fourth-order valence-corrected chi connectivity index (χ4v) is 1.12. The standard InChI is InChI=1S/C10H13N2O2/c1-3-11-10(14-2)9-6-4-5-8(7-13)12-9/h5,9-10,12-13H,7H2,1-2H3/q+1. The maximum Gasteiger partial charge on any atom is 0.407 e. The molecule has 0 radical (unpaired) electrons. The molecular weight excluding hydrogens is 180 g/mol. The van der Waals surface area contributed by atoms with E-state index in [-0.39, 0.29) is 18.9 Å². The van der Waals surface area contributed by atoms with Crippen LogP contribution in [-0.4, -0.2) is 31.1 Å². The van der Waals surface area contributed by atoms with E-state index in [2.05, 4.69) is 28.1 Å². The van der Waals surface area contributed by atoms with Crippen LogP contribution in [0.2, 0.25) is 0 Å². The van der Waals surface area contributed by atoms with Crippen molar-refractivity contribution < 1.29 is 9.84 Å². The molecule has 4 nitrogen and oxygen atoms in total. The van der Waals surface area contributed by atoms with Crippen molar-refractivity contribution in [2.75, 3.05) is 13.7 Å². The fraction of sp³-hybridized carbons (Fsp3) is 0.500. The third-order valence-electron chi connectivity index (χ3n) is 1.78. The number of hydrogen-bond donors (Lipinski definition) is 2. The smallest absolute Gasteiger partial charge is 0.390 e. The van der Waals surface area contributed by atoms with Crippen molar-refractivity contribution in [3.63, 3.8) is 0 Å². The molecule has 0 saturated heterocycles. The van der Waals surface area contributed by atoms with Crippen LogP contribution in [0, 0.1) is 17.9 Å². The molecule has 1 heterocycles. The Balaban J connectivity index is 2.69. The van der Waals surface area contributed by atoms with Crippen molar-refractivity contribution in [2.45, 2.75) is 19.2 Å². The molecule has 0 aliphatic carbocycles. The molecule has 0 aromatic heterocycles. The zero-order chi connectivity index (χ0) is 10.4. The Morgan fingerprint density at radius 2 is 2.64 bits per heavy atom. The summed E-state index contributed by atoms with van der Waals surface area (Å²) in [5, 5.41) is 11.9. The highest BCUT2D eigenvalue weighted by atomic mass is 16.5. The normalized spacial score (nSPS) is 20.5. The van der Waals surface area contributed by atoms with Gasteiger partial charge in [0, 0.05) is 18.9 Å². The van der Waals surface area contributed by atoms with Crippen LogP contribution in [-0.2, 0) is 4.74 Å². The van der Waals surface area contributed by atoms with Crippen molar-refractivity contribution in [3.8, 4) is 17.9 Å². The van der Waals surface area contributed by atoms with Gasteiger partial charge < -0.3 is 15.2 Å². The minimum atomic E-state index is -0.386. The first-order chi connectivity index (χ1) is 6.81. The molecular formula is C10H13N2O2+. The Morgan fingerprint density at radius 3 is 3.21 bits per heavy atom. The van der Waals surface area contributed by atoms with Gasteiger partial charge in [0.2, 0.25) is 0 Å². The monoisotopic (exact) mass is 193 g/mol. The van der Waals surface area contributed by atoms with Crippen molar-refractivity contribution in [2.24, 2.45) is 0 Å². The van der Waals surface area contributed by atoms with Gasteiger partial charge in [-0.1, -0.05) is 11.8 Å². The Labute approximate surface area is 83.4 Å². The van der Waals surface area contributed by atoms with Crippen molar-refractivity contribution in [1.82, 2.24) is 5.32 Å². The third kappa shape index (κ3) is 2.50. The van der Waals surface area contributed by atoms with Crippen LogP contribution in [0.3, 0.4) is 0 Å². The van der Waals surface area contributed by atoms with Crippen LogP contribution in [0.1, 0.15) is 6.92 Å². The van der Waals surface area contributed by atoms with Gasteiger partial charge >= 0.3 is 6.23 Å². The number of aliphatic hydroxyl groups is 1. The summed E-state index contributed by atoms with van der Waals surface area (Å²) >= 11 is 0. The van der Waals surface area contributed by atoms with Gasteiger partial charge in [0.1, 0.15) is 0 Å². The molecule has 4 heteroatoms. The molecule has 1 aliphatic rings. The quantitative estimate of drug-likeness (QED) is 0.628. The van der Waals surface area contributed by atoms with Gasteiger partial charge in [-0.2, -0.15) is 0 Å². The summed E-state index contributed by atoms with van der Waals surface area (Å²) in [7, 11) is 1.56. The number of nitrogens with one attached hydrogen (secondary N) is 1. The van der Waals surface area contributed by atoms with Crippen LogP contribution < -0.4 is 5.32 Å². The maximum absolute atomic E-state index is 8.91. The Hall–Kier alpha value is -1.49. The highest BCUT2D eigenvalue weighted by molar-refractivity contribution is 5.31. The molecule has 0 spiro atoms. The lowest BCUT2D eigenvalue weighted by molar-refractivity contribution is 0.121. The minimum Gasteiger partial charge on any atom is -0.390 e. The molecule has 1 rings (SSSR count). The van der Waals surface area contributed by atoms with E-state index in [1.54, 1.807) is 20.1 Å². The highest BCUT2D eigenvalue weighted by Crippen LogP contribution is 2.05.